The summed E-state index contributed by atoms with van der Waals surface area (Å²) in [6, 6.07) is 6.10. The van der Waals surface area contributed by atoms with E-state index in [0.717, 1.165) is 36.1 Å². The van der Waals surface area contributed by atoms with Crippen molar-refractivity contribution in [1.29, 1.82) is 0 Å². The molecule has 1 aliphatic heterocycles. The standard InChI is InChI=1S/C16H22N2O2/c1-3-12-7-5-8-13(4-2)16(12)17-14(19)11-18-10-6-9-15(18)20/h5,7-8H,3-4,6,9-11H2,1-2H3,(H,17,19). The SMILES string of the molecule is CCc1cccc(CC)c1NC(=O)CN1CCCC1=O. The minimum atomic E-state index is -0.101. The monoisotopic (exact) mass is 274 g/mol. The number of hydrogen-bond donors (Lipinski definition) is 1. The predicted molar refractivity (Wildman–Crippen MR) is 79.6 cm³/mol. The maximum atomic E-state index is 12.1. The van der Waals surface area contributed by atoms with E-state index in [1.165, 1.54) is 0 Å². The predicted octanol–water partition coefficient (Wildman–Crippen LogP) is 2.37. The number of nitrogens with zero attached hydrogens (tertiary/aromatic N) is 1. The lowest BCUT2D eigenvalue weighted by molar-refractivity contribution is -0.131. The third-order valence-corrected chi connectivity index (χ3v) is 3.77. The van der Waals surface area contributed by atoms with Crippen LogP contribution in [0.25, 0.3) is 0 Å². The summed E-state index contributed by atoms with van der Waals surface area (Å²) in [5, 5.41) is 3.00. The van der Waals surface area contributed by atoms with Crippen molar-refractivity contribution < 1.29 is 9.59 Å². The summed E-state index contributed by atoms with van der Waals surface area (Å²) < 4.78 is 0. The lowest BCUT2D eigenvalue weighted by atomic mass is 10.0. The van der Waals surface area contributed by atoms with E-state index in [9.17, 15) is 9.59 Å². The Hall–Kier alpha value is -1.84. The van der Waals surface area contributed by atoms with Crippen LogP contribution in [0.5, 0.6) is 0 Å². The Balaban J connectivity index is 2.09. The highest BCUT2D eigenvalue weighted by molar-refractivity contribution is 5.96. The molecule has 1 fully saturated rings. The second-order valence-corrected chi connectivity index (χ2v) is 5.13. The summed E-state index contributed by atoms with van der Waals surface area (Å²) in [5.74, 6) is -0.0181. The molecule has 1 heterocycles. The number of carbonyl (C=O) groups is 2. The van der Waals surface area contributed by atoms with Gasteiger partial charge in [0.1, 0.15) is 0 Å². The molecule has 0 saturated carbocycles. The third-order valence-electron chi connectivity index (χ3n) is 3.77. The number of anilines is 1. The van der Waals surface area contributed by atoms with E-state index in [4.69, 9.17) is 0 Å². The van der Waals surface area contributed by atoms with Gasteiger partial charge in [-0.05, 0) is 30.4 Å². The first-order valence-electron chi connectivity index (χ1n) is 7.34. The highest BCUT2D eigenvalue weighted by Crippen LogP contribution is 2.22. The van der Waals surface area contributed by atoms with Crippen molar-refractivity contribution in [1.82, 2.24) is 4.90 Å². The zero-order valence-electron chi connectivity index (χ0n) is 12.2. The molecule has 1 N–H and O–H groups in total. The van der Waals surface area contributed by atoms with Gasteiger partial charge < -0.3 is 10.2 Å². The zero-order valence-corrected chi connectivity index (χ0v) is 12.2. The van der Waals surface area contributed by atoms with Crippen LogP contribution in [0.15, 0.2) is 18.2 Å². The van der Waals surface area contributed by atoms with Crippen molar-refractivity contribution in [3.8, 4) is 0 Å². The van der Waals surface area contributed by atoms with E-state index in [2.05, 4.69) is 19.2 Å². The number of benzene rings is 1. The average Bonchev–Trinajstić information content (AvgIpc) is 2.84. The van der Waals surface area contributed by atoms with Gasteiger partial charge in [-0.25, -0.2) is 0 Å². The summed E-state index contributed by atoms with van der Waals surface area (Å²) >= 11 is 0. The Kier molecular flexibility index (Phi) is 4.77. The number of hydrogen-bond acceptors (Lipinski definition) is 2. The number of likely N-dealkylation sites (tertiary alicyclic amines) is 1. The van der Waals surface area contributed by atoms with Gasteiger partial charge in [0, 0.05) is 18.7 Å². The van der Waals surface area contributed by atoms with Crippen molar-refractivity contribution in [2.24, 2.45) is 0 Å². The number of rotatable bonds is 5. The van der Waals surface area contributed by atoms with Gasteiger partial charge in [0.25, 0.3) is 0 Å². The number of carbonyl (C=O) groups excluding carboxylic acids is 2. The lowest BCUT2D eigenvalue weighted by Crippen LogP contribution is -2.34. The molecule has 0 bridgehead atoms. The highest BCUT2D eigenvalue weighted by Gasteiger charge is 2.22. The molecule has 4 heteroatoms. The summed E-state index contributed by atoms with van der Waals surface area (Å²) in [4.78, 5) is 25.3. The molecule has 2 amide bonds. The number of amides is 2. The maximum Gasteiger partial charge on any atom is 0.244 e. The van der Waals surface area contributed by atoms with Gasteiger partial charge in [0.15, 0.2) is 0 Å². The molecule has 2 rings (SSSR count). The molecule has 0 unspecified atom stereocenters. The fourth-order valence-corrected chi connectivity index (χ4v) is 2.63. The molecule has 0 radical (unpaired) electrons. The normalized spacial score (nSPS) is 14.7. The van der Waals surface area contributed by atoms with Crippen molar-refractivity contribution in [2.75, 3.05) is 18.4 Å². The Bertz CT molecular complexity index is 489. The van der Waals surface area contributed by atoms with Gasteiger partial charge >= 0.3 is 0 Å². The second kappa shape index (κ2) is 6.55. The number of nitrogens with one attached hydrogen (secondary N) is 1. The van der Waals surface area contributed by atoms with E-state index in [0.29, 0.717) is 13.0 Å². The van der Waals surface area contributed by atoms with Gasteiger partial charge in [-0.1, -0.05) is 32.0 Å². The molecule has 0 aliphatic carbocycles. The quantitative estimate of drug-likeness (QED) is 0.896. The molecule has 0 spiro atoms. The summed E-state index contributed by atoms with van der Waals surface area (Å²) in [5.41, 5.74) is 3.21. The van der Waals surface area contributed by atoms with Crippen molar-refractivity contribution in [3.63, 3.8) is 0 Å². The van der Waals surface area contributed by atoms with Crippen LogP contribution in [0.4, 0.5) is 5.69 Å². The van der Waals surface area contributed by atoms with E-state index in [-0.39, 0.29) is 18.4 Å². The van der Waals surface area contributed by atoms with Crippen LogP contribution in [-0.2, 0) is 22.4 Å². The molecule has 108 valence electrons. The first-order valence-corrected chi connectivity index (χ1v) is 7.34. The van der Waals surface area contributed by atoms with Crippen LogP contribution in [-0.4, -0.2) is 29.8 Å². The maximum absolute atomic E-state index is 12.1. The van der Waals surface area contributed by atoms with Crippen LogP contribution in [0.2, 0.25) is 0 Å². The van der Waals surface area contributed by atoms with Crippen molar-refractivity contribution in [2.45, 2.75) is 39.5 Å². The van der Waals surface area contributed by atoms with Crippen LogP contribution in [0.1, 0.15) is 37.8 Å². The Morgan fingerprint density at radius 3 is 2.40 bits per heavy atom. The average molecular weight is 274 g/mol. The molecule has 4 nitrogen and oxygen atoms in total. The molecular weight excluding hydrogens is 252 g/mol. The van der Waals surface area contributed by atoms with E-state index in [1.54, 1.807) is 4.90 Å². The first kappa shape index (κ1) is 14.6. The fourth-order valence-electron chi connectivity index (χ4n) is 2.63. The van der Waals surface area contributed by atoms with E-state index in [1.807, 2.05) is 18.2 Å². The molecular formula is C16H22N2O2. The highest BCUT2D eigenvalue weighted by atomic mass is 16.2. The lowest BCUT2D eigenvalue weighted by Gasteiger charge is -2.18. The Labute approximate surface area is 120 Å². The molecule has 1 aromatic carbocycles. The number of para-hydroxylation sites is 1. The van der Waals surface area contributed by atoms with Gasteiger partial charge in [-0.15, -0.1) is 0 Å². The van der Waals surface area contributed by atoms with Crippen LogP contribution in [0.3, 0.4) is 0 Å². The van der Waals surface area contributed by atoms with Crippen LogP contribution >= 0.6 is 0 Å². The fraction of sp³-hybridized carbons (Fsp3) is 0.500. The largest absolute Gasteiger partial charge is 0.333 e. The number of aryl methyl sites for hydroxylation is 2. The second-order valence-electron chi connectivity index (χ2n) is 5.13. The topological polar surface area (TPSA) is 49.4 Å². The minimum Gasteiger partial charge on any atom is -0.333 e. The summed E-state index contributed by atoms with van der Waals surface area (Å²) in [6.07, 6.45) is 3.19. The Morgan fingerprint density at radius 1 is 1.25 bits per heavy atom. The smallest absolute Gasteiger partial charge is 0.244 e. The summed E-state index contributed by atoms with van der Waals surface area (Å²) in [6.45, 7) is 5.02. The van der Waals surface area contributed by atoms with Gasteiger partial charge in [0.05, 0.1) is 6.54 Å². The molecule has 1 aromatic rings. The Morgan fingerprint density at radius 2 is 1.90 bits per heavy atom. The molecule has 0 atom stereocenters. The van der Waals surface area contributed by atoms with E-state index < -0.39 is 0 Å². The van der Waals surface area contributed by atoms with Gasteiger partial charge in [-0.3, -0.25) is 9.59 Å². The first-order chi connectivity index (χ1) is 9.65. The van der Waals surface area contributed by atoms with Crippen molar-refractivity contribution >= 4 is 17.5 Å². The van der Waals surface area contributed by atoms with E-state index >= 15 is 0 Å². The van der Waals surface area contributed by atoms with Crippen LogP contribution in [0, 0.1) is 0 Å². The molecule has 0 aromatic heterocycles. The van der Waals surface area contributed by atoms with Gasteiger partial charge in [0.2, 0.25) is 11.8 Å². The molecule has 1 aliphatic rings. The van der Waals surface area contributed by atoms with Gasteiger partial charge in [-0.2, -0.15) is 0 Å². The minimum absolute atomic E-state index is 0.0830. The molecule has 20 heavy (non-hydrogen) atoms. The zero-order chi connectivity index (χ0) is 14.5. The third kappa shape index (κ3) is 3.18. The van der Waals surface area contributed by atoms with Crippen molar-refractivity contribution in [3.05, 3.63) is 29.3 Å². The molecule has 1 saturated heterocycles. The van der Waals surface area contributed by atoms with Crippen LogP contribution < -0.4 is 5.32 Å². The summed E-state index contributed by atoms with van der Waals surface area (Å²) in [7, 11) is 0.